The minimum Gasteiger partial charge on any atom is -0.346 e. The van der Waals surface area contributed by atoms with E-state index in [1.807, 2.05) is 13.8 Å². The van der Waals surface area contributed by atoms with Gasteiger partial charge in [-0.3, -0.25) is 0 Å². The maximum atomic E-state index is 11.8. The van der Waals surface area contributed by atoms with Gasteiger partial charge in [0, 0.05) is 21.3 Å². The fourth-order valence-electron chi connectivity index (χ4n) is 5.63. The standard InChI is InChI=1S/C17H26O11Se.2C7H14O3.C2H6/c1-22-13-6-2-4-10(25-13)9-24-12(19)5-3-7-23-17-14(20)16-15(11(8-18)26-17)27-29(21)28-16;2*1-9-7-4-2-3-6(5-8)10-7;1-2/h3,5,10-11,13-18,20H,2,4,6-9H2,1H3;2*6-8H,2-5H2,1H3;1-2H3. The molecule has 18 heteroatoms. The Morgan fingerprint density at radius 1 is 0.725 bits per heavy atom. The smallest absolute Gasteiger partial charge is 0.346 e. The van der Waals surface area contributed by atoms with E-state index in [2.05, 4.69) is 0 Å². The molecule has 5 aliphatic rings. The Morgan fingerprint density at radius 2 is 1.22 bits per heavy atom. The van der Waals surface area contributed by atoms with Crippen molar-refractivity contribution in [2.75, 3.05) is 54.4 Å². The van der Waals surface area contributed by atoms with Crippen LogP contribution in [-0.2, 0) is 58.9 Å². The van der Waals surface area contributed by atoms with Gasteiger partial charge < -0.3 is 38.6 Å². The molecule has 0 saturated carbocycles. The number of aliphatic hydroxyl groups is 4. The van der Waals surface area contributed by atoms with Crippen LogP contribution in [0.4, 0.5) is 0 Å². The number of methoxy groups -OCH3 is 3. The average molecular weight is 808 g/mol. The van der Waals surface area contributed by atoms with Crippen molar-refractivity contribution in [1.29, 1.82) is 0 Å². The van der Waals surface area contributed by atoms with Crippen LogP contribution in [0.1, 0.15) is 71.6 Å². The van der Waals surface area contributed by atoms with Crippen LogP contribution in [0.25, 0.3) is 0 Å². The van der Waals surface area contributed by atoms with E-state index in [0.29, 0.717) is 0 Å². The summed E-state index contributed by atoms with van der Waals surface area (Å²) in [5.74, 6) is -0.553. The van der Waals surface area contributed by atoms with Crippen molar-refractivity contribution >= 4 is 20.5 Å². The van der Waals surface area contributed by atoms with E-state index >= 15 is 0 Å². The molecule has 17 nitrogen and oxygen atoms in total. The molecule has 300 valence electrons. The zero-order valence-electron chi connectivity index (χ0n) is 30.4. The third-order valence-electron chi connectivity index (χ3n) is 8.32. The van der Waals surface area contributed by atoms with Crippen LogP contribution in [0, 0.1) is 0 Å². The second kappa shape index (κ2) is 26.7. The van der Waals surface area contributed by atoms with Gasteiger partial charge in [-0.15, -0.1) is 0 Å². The number of rotatable bonds is 12. The monoisotopic (exact) mass is 808 g/mol. The van der Waals surface area contributed by atoms with Crippen LogP contribution in [0.5, 0.6) is 0 Å². The van der Waals surface area contributed by atoms with Gasteiger partial charge in [0.15, 0.2) is 18.9 Å². The number of carbonyl (C=O) groups excluding carboxylic acids is 1. The topological polar surface area (TPSA) is 217 Å². The molecule has 0 amide bonds. The fraction of sp³-hybridized carbons (Fsp3) is 0.909. The molecule has 12 unspecified atom stereocenters. The van der Waals surface area contributed by atoms with E-state index < -0.39 is 57.8 Å². The quantitative estimate of drug-likeness (QED) is 0.123. The summed E-state index contributed by atoms with van der Waals surface area (Å²) in [6.45, 7) is 3.88. The maximum Gasteiger partial charge on any atom is -0.346 e. The second-order valence-electron chi connectivity index (χ2n) is 11.8. The Labute approximate surface area is 305 Å². The average Bonchev–Trinajstić information content (AvgIpc) is 3.59. The summed E-state index contributed by atoms with van der Waals surface area (Å²) >= 11 is -2.97. The molecule has 5 rings (SSSR count). The van der Waals surface area contributed by atoms with E-state index in [9.17, 15) is 18.8 Å². The summed E-state index contributed by atoms with van der Waals surface area (Å²) in [6, 6.07) is 0. The Kier molecular flexibility index (Phi) is 24.1. The number of aliphatic hydroxyl groups excluding tert-OH is 4. The number of ether oxygens (including phenoxy) is 9. The SMILES string of the molecule is CC.COC1CCCC(CO)O1.COC1CCCC(CO)O1.COC1CCCC(COC(=O)C=CCOC2OC(CO)C3O[Se](=O)OC3C2O)O1. The van der Waals surface area contributed by atoms with Gasteiger partial charge in [-0.25, -0.2) is 0 Å². The van der Waals surface area contributed by atoms with E-state index in [-0.39, 0.29) is 63.6 Å². The number of fused-ring (bicyclic) bond motifs is 1. The normalized spacial score (nSPS) is 36.3. The molecule has 5 saturated heterocycles. The van der Waals surface area contributed by atoms with Crippen LogP contribution in [0.3, 0.4) is 0 Å². The molecule has 5 aliphatic heterocycles. The van der Waals surface area contributed by atoms with Crippen LogP contribution in [-0.4, -0.2) is 163 Å². The van der Waals surface area contributed by atoms with Crippen LogP contribution in [0.15, 0.2) is 12.2 Å². The third-order valence-corrected chi connectivity index (χ3v) is 9.91. The Balaban J connectivity index is 0.000000332. The third kappa shape index (κ3) is 16.5. The van der Waals surface area contributed by atoms with Crippen molar-refractivity contribution in [3.8, 4) is 0 Å². The van der Waals surface area contributed by atoms with Crippen LogP contribution < -0.4 is 0 Å². The first-order chi connectivity index (χ1) is 24.7. The largest absolute Gasteiger partial charge is 0.346 e. The van der Waals surface area contributed by atoms with Crippen molar-refractivity contribution < 1.29 is 79.3 Å². The van der Waals surface area contributed by atoms with Crippen molar-refractivity contribution in [3.05, 3.63) is 12.2 Å². The molecule has 4 N–H and O–H groups in total. The summed E-state index contributed by atoms with van der Waals surface area (Å²) in [5.41, 5.74) is 0. The molecule has 0 aromatic heterocycles. The molecular formula is C33H60O17Se. The van der Waals surface area contributed by atoms with Crippen LogP contribution in [0.2, 0.25) is 0 Å². The summed E-state index contributed by atoms with van der Waals surface area (Å²) in [4.78, 5) is 11.8. The van der Waals surface area contributed by atoms with Gasteiger partial charge in [0.1, 0.15) is 0 Å². The molecule has 5 heterocycles. The Bertz CT molecular complexity index is 932. The summed E-state index contributed by atoms with van der Waals surface area (Å²) in [5, 5.41) is 37.1. The summed E-state index contributed by atoms with van der Waals surface area (Å²) in [7, 11) is 4.83. The summed E-state index contributed by atoms with van der Waals surface area (Å²) < 4.78 is 69.0. The van der Waals surface area contributed by atoms with E-state index in [1.165, 1.54) is 12.2 Å². The van der Waals surface area contributed by atoms with E-state index in [4.69, 9.17) is 60.5 Å². The second-order valence-corrected chi connectivity index (χ2v) is 13.5. The molecule has 0 bridgehead atoms. The van der Waals surface area contributed by atoms with Gasteiger partial charge in [-0.2, -0.15) is 0 Å². The van der Waals surface area contributed by atoms with E-state index in [1.54, 1.807) is 21.3 Å². The van der Waals surface area contributed by atoms with Gasteiger partial charge in [-0.05, 0) is 57.8 Å². The Morgan fingerprint density at radius 3 is 1.71 bits per heavy atom. The first kappa shape index (κ1) is 46.1. The zero-order chi connectivity index (χ0) is 37.6. The molecule has 5 fully saturated rings. The van der Waals surface area contributed by atoms with Gasteiger partial charge in [0.25, 0.3) is 0 Å². The molecule has 51 heavy (non-hydrogen) atoms. The minimum absolute atomic E-state index is 0.00120. The number of carbonyl (C=O) groups is 1. The molecular weight excluding hydrogens is 747 g/mol. The number of esters is 1. The molecule has 0 aromatic rings. The zero-order valence-corrected chi connectivity index (χ0v) is 32.1. The molecule has 0 aliphatic carbocycles. The predicted octanol–water partition coefficient (Wildman–Crippen LogP) is 0.988. The van der Waals surface area contributed by atoms with E-state index in [0.717, 1.165) is 57.8 Å². The number of hydrogen-bond acceptors (Lipinski definition) is 17. The van der Waals surface area contributed by atoms with Gasteiger partial charge >= 0.3 is 130 Å². The van der Waals surface area contributed by atoms with Crippen molar-refractivity contribution in [1.82, 2.24) is 0 Å². The number of hydrogen-bond donors (Lipinski definition) is 4. The molecule has 12 atom stereocenters. The molecule has 0 radical (unpaired) electrons. The van der Waals surface area contributed by atoms with Crippen molar-refractivity contribution in [2.24, 2.45) is 0 Å². The maximum absolute atomic E-state index is 11.8. The molecule has 0 spiro atoms. The van der Waals surface area contributed by atoms with Gasteiger partial charge in [0.2, 0.25) is 0 Å². The van der Waals surface area contributed by atoms with Gasteiger partial charge in [0.05, 0.1) is 25.4 Å². The minimum atomic E-state index is -2.97. The van der Waals surface area contributed by atoms with Crippen molar-refractivity contribution in [2.45, 2.75) is 140 Å². The van der Waals surface area contributed by atoms with Crippen LogP contribution >= 0.6 is 0 Å². The molecule has 0 aromatic carbocycles. The van der Waals surface area contributed by atoms with Crippen molar-refractivity contribution in [3.63, 3.8) is 0 Å². The predicted molar refractivity (Wildman–Crippen MR) is 178 cm³/mol. The fourth-order valence-corrected chi connectivity index (χ4v) is 7.44. The Hall–Kier alpha value is -1.03. The van der Waals surface area contributed by atoms with Gasteiger partial charge in [-0.1, -0.05) is 13.8 Å². The first-order valence-corrected chi connectivity index (χ1v) is 19.8. The first-order valence-electron chi connectivity index (χ1n) is 17.7. The summed E-state index contributed by atoms with van der Waals surface area (Å²) in [6.07, 6.45) is 5.56.